The van der Waals surface area contributed by atoms with Gasteiger partial charge >= 0.3 is 17.8 Å². The first-order valence-electron chi connectivity index (χ1n) is 12.5. The van der Waals surface area contributed by atoms with Gasteiger partial charge in [-0.05, 0) is 45.3 Å². The van der Waals surface area contributed by atoms with Gasteiger partial charge in [0.05, 0.1) is 8.07 Å². The highest BCUT2D eigenvalue weighted by molar-refractivity contribution is 7.29. The van der Waals surface area contributed by atoms with Crippen LogP contribution < -0.4 is 4.50 Å². The second-order valence-corrected chi connectivity index (χ2v) is 18.2. The Morgan fingerprint density at radius 3 is 1.54 bits per heavy atom. The second kappa shape index (κ2) is 9.49. The smallest absolute Gasteiger partial charge is 0.194 e. The molecule has 2 aromatic carbocycles. The fraction of sp³-hybridized carbons (Fsp3) is 0.267. The molecule has 0 amide bonds. The predicted octanol–water partition coefficient (Wildman–Crippen LogP) is 10.1. The van der Waals surface area contributed by atoms with Gasteiger partial charge in [-0.25, -0.2) is 0 Å². The number of thiophene rings is 2. The molecular weight excluding hydrogens is 567 g/mol. The van der Waals surface area contributed by atoms with Crippen molar-refractivity contribution in [1.29, 1.82) is 0 Å². The van der Waals surface area contributed by atoms with Crippen molar-refractivity contribution in [3.05, 3.63) is 88.8 Å². The van der Waals surface area contributed by atoms with E-state index >= 15 is 26.3 Å². The molecule has 1 aliphatic carbocycles. The monoisotopic (exact) mass is 592 g/mol. The summed E-state index contributed by atoms with van der Waals surface area (Å²) >= 11 is 2.39. The zero-order valence-corrected chi connectivity index (χ0v) is 24.4. The van der Waals surface area contributed by atoms with Gasteiger partial charge in [0.15, 0.2) is 0 Å². The summed E-state index contributed by atoms with van der Waals surface area (Å²) in [5.74, 6) is -15.7. The van der Waals surface area contributed by atoms with E-state index in [-0.39, 0.29) is 17.5 Å². The Labute approximate surface area is 232 Å². The molecule has 0 fully saturated rings. The van der Waals surface area contributed by atoms with E-state index in [1.807, 2.05) is 19.6 Å². The summed E-state index contributed by atoms with van der Waals surface area (Å²) in [5, 5.41) is 0. The van der Waals surface area contributed by atoms with Crippen LogP contribution in [0.5, 0.6) is 0 Å². The third kappa shape index (κ3) is 4.33. The van der Waals surface area contributed by atoms with E-state index in [0.29, 0.717) is 30.3 Å². The molecule has 2 heterocycles. The highest BCUT2D eigenvalue weighted by Gasteiger charge is 2.80. The minimum Gasteiger partial charge on any atom is -0.194 e. The van der Waals surface area contributed by atoms with Crippen LogP contribution in [0.25, 0.3) is 32.0 Å². The van der Waals surface area contributed by atoms with Gasteiger partial charge in [-0.1, -0.05) is 87.2 Å². The van der Waals surface area contributed by atoms with Crippen LogP contribution in [0.4, 0.5) is 26.3 Å². The van der Waals surface area contributed by atoms with Crippen LogP contribution in [0.15, 0.2) is 72.8 Å². The van der Waals surface area contributed by atoms with E-state index in [4.69, 9.17) is 0 Å². The zero-order valence-electron chi connectivity index (χ0n) is 21.7. The molecule has 39 heavy (non-hydrogen) atoms. The number of alkyl halides is 6. The fourth-order valence-corrected chi connectivity index (χ4v) is 9.55. The van der Waals surface area contributed by atoms with E-state index in [0.717, 1.165) is 11.3 Å². The zero-order chi connectivity index (χ0) is 28.4. The van der Waals surface area contributed by atoms with Crippen molar-refractivity contribution < 1.29 is 26.3 Å². The van der Waals surface area contributed by atoms with Crippen molar-refractivity contribution in [3.8, 4) is 20.9 Å². The van der Waals surface area contributed by atoms with Crippen LogP contribution in [0.3, 0.4) is 0 Å². The first-order valence-corrected chi connectivity index (χ1v) is 17.6. The number of aryl methyl sites for hydroxylation is 1. The maximum absolute atomic E-state index is 15.8. The van der Waals surface area contributed by atoms with Gasteiger partial charge in [0.1, 0.15) is 0 Å². The van der Waals surface area contributed by atoms with Gasteiger partial charge in [0.25, 0.3) is 0 Å². The molecule has 0 unspecified atom stereocenters. The predicted molar refractivity (Wildman–Crippen MR) is 154 cm³/mol. The molecule has 0 spiro atoms. The molecule has 0 aliphatic heterocycles. The van der Waals surface area contributed by atoms with Crippen molar-refractivity contribution in [3.63, 3.8) is 0 Å². The van der Waals surface area contributed by atoms with E-state index in [9.17, 15) is 0 Å². The van der Waals surface area contributed by atoms with Crippen molar-refractivity contribution in [2.45, 2.75) is 50.8 Å². The van der Waals surface area contributed by atoms with Crippen LogP contribution in [0.2, 0.25) is 19.6 Å². The molecule has 204 valence electrons. The molecule has 2 aromatic heterocycles. The molecule has 0 radical (unpaired) electrons. The van der Waals surface area contributed by atoms with Crippen molar-refractivity contribution in [2.75, 3.05) is 0 Å². The van der Waals surface area contributed by atoms with Gasteiger partial charge in [-0.2, -0.15) is 26.3 Å². The lowest BCUT2D eigenvalue weighted by Crippen LogP contribution is -2.49. The normalized spacial score (nSPS) is 18.1. The number of allylic oxidation sites excluding steroid dienone is 2. The summed E-state index contributed by atoms with van der Waals surface area (Å²) in [5.41, 5.74) is -1.51. The Kier molecular flexibility index (Phi) is 6.79. The Bertz CT molecular complexity index is 1540. The van der Waals surface area contributed by atoms with Gasteiger partial charge in [0.2, 0.25) is 0 Å². The standard InChI is InChI=1S/C30H26F6S2Si/c1-5-22-20(16-23(37-22)18-12-8-6-9-13-18)25-26(29(33,34)30(35,36)28(25,31)32)21-17-24(19-14-10-7-11-15-19)38-27(21)39(2,3)4/h6-17H,5H2,1-4H3. The van der Waals surface area contributed by atoms with Gasteiger partial charge in [-0.15, -0.1) is 22.7 Å². The second-order valence-electron chi connectivity index (χ2n) is 10.6. The first kappa shape index (κ1) is 27.9. The Morgan fingerprint density at radius 1 is 0.641 bits per heavy atom. The Balaban J connectivity index is 1.87. The Morgan fingerprint density at radius 2 is 1.08 bits per heavy atom. The van der Waals surface area contributed by atoms with Crippen LogP contribution in [-0.2, 0) is 6.42 Å². The average Bonchev–Trinajstić information content (AvgIpc) is 3.54. The van der Waals surface area contributed by atoms with Gasteiger partial charge in [0, 0.05) is 25.8 Å². The van der Waals surface area contributed by atoms with Crippen LogP contribution in [0.1, 0.15) is 22.9 Å². The van der Waals surface area contributed by atoms with Crippen molar-refractivity contribution in [2.24, 2.45) is 0 Å². The molecule has 0 atom stereocenters. The maximum atomic E-state index is 15.8. The van der Waals surface area contributed by atoms with Crippen molar-refractivity contribution >= 4 is 46.4 Å². The quantitative estimate of drug-likeness (QED) is 0.154. The molecular formula is C30H26F6S2Si. The van der Waals surface area contributed by atoms with E-state index in [1.54, 1.807) is 67.6 Å². The molecule has 0 N–H and O–H groups in total. The fourth-order valence-electron chi connectivity index (χ4n) is 4.96. The number of halogens is 6. The lowest BCUT2D eigenvalue weighted by Gasteiger charge is -2.26. The SMILES string of the molecule is CCc1sc(-c2ccccc2)cc1C1=C(c2cc(-c3ccccc3)sc2[Si](C)(C)C)C(F)(F)C(F)(F)C1(F)F. The lowest BCUT2D eigenvalue weighted by molar-refractivity contribution is -0.254. The summed E-state index contributed by atoms with van der Waals surface area (Å²) in [6, 6.07) is 20.6. The number of rotatable bonds is 6. The summed E-state index contributed by atoms with van der Waals surface area (Å²) in [6.45, 7) is 7.40. The molecule has 0 saturated heterocycles. The third-order valence-corrected chi connectivity index (χ3v) is 13.0. The molecule has 1 aliphatic rings. The molecule has 0 bridgehead atoms. The summed E-state index contributed by atoms with van der Waals surface area (Å²) < 4.78 is 93.8. The topological polar surface area (TPSA) is 0 Å². The van der Waals surface area contributed by atoms with E-state index in [1.165, 1.54) is 23.5 Å². The molecule has 0 nitrogen and oxygen atoms in total. The highest BCUT2D eigenvalue weighted by Crippen LogP contribution is 2.65. The summed E-state index contributed by atoms with van der Waals surface area (Å²) in [7, 11) is -2.45. The Hall–Kier alpha value is -2.62. The number of hydrogen-bond acceptors (Lipinski definition) is 2. The largest absolute Gasteiger partial charge is 0.380 e. The van der Waals surface area contributed by atoms with Crippen LogP contribution in [-0.4, -0.2) is 25.8 Å². The van der Waals surface area contributed by atoms with Crippen molar-refractivity contribution in [1.82, 2.24) is 0 Å². The van der Waals surface area contributed by atoms with E-state index in [2.05, 4.69) is 0 Å². The van der Waals surface area contributed by atoms with Gasteiger partial charge in [-0.3, -0.25) is 0 Å². The van der Waals surface area contributed by atoms with E-state index < -0.39 is 37.0 Å². The van der Waals surface area contributed by atoms with Crippen LogP contribution >= 0.6 is 22.7 Å². The summed E-state index contributed by atoms with van der Waals surface area (Å²) in [4.78, 5) is 1.50. The molecule has 4 aromatic rings. The highest BCUT2D eigenvalue weighted by atomic mass is 32.1. The lowest BCUT2D eigenvalue weighted by atomic mass is 9.95. The third-order valence-electron chi connectivity index (χ3n) is 6.87. The molecule has 9 heteroatoms. The molecule has 5 rings (SSSR count). The summed E-state index contributed by atoms with van der Waals surface area (Å²) in [6.07, 6.45) is 0.233. The molecule has 0 saturated carbocycles. The first-order chi connectivity index (χ1) is 18.2. The number of hydrogen-bond donors (Lipinski definition) is 0. The minimum absolute atomic E-state index is 0.190. The number of benzene rings is 2. The maximum Gasteiger partial charge on any atom is 0.380 e. The van der Waals surface area contributed by atoms with Crippen LogP contribution in [0, 0.1) is 0 Å². The van der Waals surface area contributed by atoms with Gasteiger partial charge < -0.3 is 0 Å². The minimum atomic E-state index is -5.59. The average molecular weight is 593 g/mol.